The average molecular weight is 267 g/mol. The second-order valence-corrected chi connectivity index (χ2v) is 5.15. The Balaban J connectivity index is 1.87. The van der Waals surface area contributed by atoms with Crippen molar-refractivity contribution in [3.05, 3.63) is 58.8 Å². The van der Waals surface area contributed by atoms with Crippen molar-refractivity contribution in [3.63, 3.8) is 0 Å². The molecule has 1 aliphatic carbocycles. The minimum Gasteiger partial charge on any atom is -0.465 e. The van der Waals surface area contributed by atoms with Crippen LogP contribution in [0.1, 0.15) is 45.9 Å². The smallest absolute Gasteiger partial charge is 0.187 e. The first kappa shape index (κ1) is 12.9. The highest BCUT2D eigenvalue weighted by atomic mass is 16.3. The number of allylic oxidation sites excluding steroid dienone is 1. The van der Waals surface area contributed by atoms with E-state index in [9.17, 15) is 4.79 Å². The highest BCUT2D eigenvalue weighted by molar-refractivity contribution is 6.07. The topological polar surface area (TPSA) is 43.1 Å². The Hall–Kier alpha value is -2.16. The number of carbonyl (C=O) groups excluding carboxylic acids is 1. The highest BCUT2D eigenvalue weighted by Gasteiger charge is 2.15. The fourth-order valence-corrected chi connectivity index (χ4v) is 2.62. The summed E-state index contributed by atoms with van der Waals surface area (Å²) in [5.74, 6) is 0.668. The van der Waals surface area contributed by atoms with Crippen LogP contribution in [-0.2, 0) is 12.8 Å². The Kier molecular flexibility index (Phi) is 3.50. The summed E-state index contributed by atoms with van der Waals surface area (Å²) in [5.41, 5.74) is 3.92. The van der Waals surface area contributed by atoms with E-state index in [0.717, 1.165) is 18.5 Å². The molecule has 3 rings (SSSR count). The summed E-state index contributed by atoms with van der Waals surface area (Å²) in [5, 5.41) is 0. The first-order chi connectivity index (χ1) is 9.74. The molecule has 0 saturated carbocycles. The van der Waals surface area contributed by atoms with Crippen LogP contribution in [0.2, 0.25) is 0 Å². The van der Waals surface area contributed by atoms with Gasteiger partial charge in [0.05, 0.1) is 6.26 Å². The van der Waals surface area contributed by atoms with Gasteiger partial charge < -0.3 is 4.42 Å². The number of fused-ring (bicyclic) bond motifs is 1. The summed E-state index contributed by atoms with van der Waals surface area (Å²) in [4.78, 5) is 16.9. The van der Waals surface area contributed by atoms with Crippen LogP contribution in [0.4, 0.5) is 0 Å². The maximum Gasteiger partial charge on any atom is 0.187 e. The predicted molar refractivity (Wildman–Crippen MR) is 77.7 cm³/mol. The van der Waals surface area contributed by atoms with Gasteiger partial charge in [0.25, 0.3) is 0 Å². The molecule has 0 saturated heterocycles. The maximum absolute atomic E-state index is 12.3. The lowest BCUT2D eigenvalue weighted by atomic mass is 9.93. The molecule has 102 valence electrons. The van der Waals surface area contributed by atoms with Crippen LogP contribution in [0.15, 0.2) is 35.0 Å². The van der Waals surface area contributed by atoms with Crippen LogP contribution >= 0.6 is 0 Å². The van der Waals surface area contributed by atoms with Gasteiger partial charge in [-0.15, -0.1) is 0 Å². The lowest BCUT2D eigenvalue weighted by Crippen LogP contribution is -2.10. The Morgan fingerprint density at radius 1 is 1.35 bits per heavy atom. The number of pyridine rings is 1. The van der Waals surface area contributed by atoms with Crippen LogP contribution < -0.4 is 0 Å². The maximum atomic E-state index is 12.3. The number of rotatable bonds is 3. The van der Waals surface area contributed by atoms with Crippen molar-refractivity contribution in [1.82, 2.24) is 4.98 Å². The number of hydrogen-bond donors (Lipinski definition) is 0. The van der Waals surface area contributed by atoms with Crippen molar-refractivity contribution in [2.24, 2.45) is 0 Å². The van der Waals surface area contributed by atoms with Gasteiger partial charge in [0.15, 0.2) is 5.78 Å². The third kappa shape index (κ3) is 2.57. The van der Waals surface area contributed by atoms with Gasteiger partial charge in [-0.2, -0.15) is 0 Å². The summed E-state index contributed by atoms with van der Waals surface area (Å²) >= 11 is 0. The first-order valence-corrected chi connectivity index (χ1v) is 6.99. The fraction of sp³-hybridized carbons (Fsp3) is 0.294. The lowest BCUT2D eigenvalue weighted by molar-refractivity contribution is 0.104. The second-order valence-electron chi connectivity index (χ2n) is 5.15. The Morgan fingerprint density at radius 3 is 3.00 bits per heavy atom. The number of aryl methyl sites for hydroxylation is 3. The Labute approximate surface area is 118 Å². The monoisotopic (exact) mass is 267 g/mol. The molecule has 0 bridgehead atoms. The van der Waals surface area contributed by atoms with E-state index in [1.54, 1.807) is 24.5 Å². The molecule has 0 fully saturated rings. The summed E-state index contributed by atoms with van der Waals surface area (Å²) in [6.07, 6.45) is 9.30. The van der Waals surface area contributed by atoms with Crippen LogP contribution in [0.5, 0.6) is 0 Å². The van der Waals surface area contributed by atoms with Gasteiger partial charge in [-0.3, -0.25) is 9.78 Å². The molecule has 0 aromatic carbocycles. The number of nitrogens with zero attached hydrogens (tertiary/aromatic N) is 1. The zero-order valence-corrected chi connectivity index (χ0v) is 11.6. The first-order valence-electron chi connectivity index (χ1n) is 6.99. The van der Waals surface area contributed by atoms with Gasteiger partial charge in [0.2, 0.25) is 0 Å². The molecule has 2 heterocycles. The molecule has 1 aliphatic rings. The van der Waals surface area contributed by atoms with Gasteiger partial charge in [0.1, 0.15) is 5.76 Å². The van der Waals surface area contributed by atoms with E-state index >= 15 is 0 Å². The SMILES string of the molecule is Cc1nc2c(cc1C(=O)/C=C/c1ccco1)CCCC2. The molecule has 0 unspecified atom stereocenters. The van der Waals surface area contributed by atoms with E-state index in [0.29, 0.717) is 11.3 Å². The summed E-state index contributed by atoms with van der Waals surface area (Å²) in [7, 11) is 0. The van der Waals surface area contributed by atoms with Crippen LogP contribution in [0.25, 0.3) is 6.08 Å². The van der Waals surface area contributed by atoms with E-state index in [1.165, 1.54) is 24.1 Å². The molecule has 2 aromatic heterocycles. The summed E-state index contributed by atoms with van der Waals surface area (Å²) < 4.78 is 5.19. The van der Waals surface area contributed by atoms with Gasteiger partial charge in [-0.05, 0) is 68.5 Å². The van der Waals surface area contributed by atoms with Crippen molar-refractivity contribution in [2.45, 2.75) is 32.6 Å². The number of ketones is 1. The van der Waals surface area contributed by atoms with Crippen LogP contribution in [0, 0.1) is 6.92 Å². The largest absolute Gasteiger partial charge is 0.465 e. The minimum absolute atomic E-state index is 0.0141. The molecule has 2 aromatic rings. The fourth-order valence-electron chi connectivity index (χ4n) is 2.62. The van der Waals surface area contributed by atoms with E-state index in [1.807, 2.05) is 19.1 Å². The molecular formula is C17H17NO2. The summed E-state index contributed by atoms with van der Waals surface area (Å²) in [6.45, 7) is 1.91. The number of aromatic nitrogens is 1. The molecule has 0 radical (unpaired) electrons. The highest BCUT2D eigenvalue weighted by Crippen LogP contribution is 2.22. The van der Waals surface area contributed by atoms with Gasteiger partial charge in [0, 0.05) is 17.0 Å². The van der Waals surface area contributed by atoms with Gasteiger partial charge >= 0.3 is 0 Å². The zero-order valence-electron chi connectivity index (χ0n) is 11.6. The molecule has 20 heavy (non-hydrogen) atoms. The number of hydrogen-bond acceptors (Lipinski definition) is 3. The average Bonchev–Trinajstić information content (AvgIpc) is 2.97. The second kappa shape index (κ2) is 5.45. The summed E-state index contributed by atoms with van der Waals surface area (Å²) in [6, 6.07) is 5.64. The number of carbonyl (C=O) groups is 1. The van der Waals surface area contributed by atoms with E-state index in [4.69, 9.17) is 4.42 Å². The van der Waals surface area contributed by atoms with Gasteiger partial charge in [-0.25, -0.2) is 0 Å². The molecule has 3 nitrogen and oxygen atoms in total. The van der Waals surface area contributed by atoms with Crippen molar-refractivity contribution < 1.29 is 9.21 Å². The third-order valence-corrected chi connectivity index (χ3v) is 3.70. The third-order valence-electron chi connectivity index (χ3n) is 3.70. The van der Waals surface area contributed by atoms with E-state index in [2.05, 4.69) is 4.98 Å². The molecule has 0 amide bonds. The Morgan fingerprint density at radius 2 is 2.20 bits per heavy atom. The standard InChI is InChI=1S/C17H17NO2/c1-12-15(11-13-5-2-3-7-16(13)18-12)17(19)9-8-14-6-4-10-20-14/h4,6,8-11H,2-3,5,7H2,1H3/b9-8+. The normalized spacial score (nSPS) is 14.4. The van der Waals surface area contributed by atoms with Crippen molar-refractivity contribution in [3.8, 4) is 0 Å². The Bertz CT molecular complexity index is 654. The van der Waals surface area contributed by atoms with Crippen molar-refractivity contribution in [1.29, 1.82) is 0 Å². The molecule has 0 atom stereocenters. The number of furan rings is 1. The minimum atomic E-state index is -0.0141. The van der Waals surface area contributed by atoms with Crippen LogP contribution in [0.3, 0.4) is 0 Å². The van der Waals surface area contributed by atoms with E-state index < -0.39 is 0 Å². The van der Waals surface area contributed by atoms with Gasteiger partial charge in [-0.1, -0.05) is 0 Å². The predicted octanol–water partition coefficient (Wildman–Crippen LogP) is 3.76. The molecule has 0 aliphatic heterocycles. The zero-order chi connectivity index (χ0) is 13.9. The molecular weight excluding hydrogens is 250 g/mol. The lowest BCUT2D eigenvalue weighted by Gasteiger charge is -2.16. The van der Waals surface area contributed by atoms with E-state index in [-0.39, 0.29) is 5.78 Å². The van der Waals surface area contributed by atoms with Crippen molar-refractivity contribution in [2.75, 3.05) is 0 Å². The molecule has 0 spiro atoms. The van der Waals surface area contributed by atoms with Crippen LogP contribution in [-0.4, -0.2) is 10.8 Å². The quantitative estimate of drug-likeness (QED) is 0.628. The molecule has 0 N–H and O–H groups in total. The molecule has 3 heteroatoms. The van der Waals surface area contributed by atoms with Crippen molar-refractivity contribution >= 4 is 11.9 Å².